The van der Waals surface area contributed by atoms with Gasteiger partial charge in [0.05, 0.1) is 29.2 Å². The van der Waals surface area contributed by atoms with E-state index in [0.29, 0.717) is 12.1 Å². The van der Waals surface area contributed by atoms with E-state index in [-0.39, 0.29) is 17.6 Å². The number of aromatic nitrogens is 3. The van der Waals surface area contributed by atoms with Crippen LogP contribution in [0.2, 0.25) is 0 Å². The predicted molar refractivity (Wildman–Crippen MR) is 94.1 cm³/mol. The Kier molecular flexibility index (Phi) is 4.53. The standard InChI is InChI=1S/C19H24N4O2/c24-18(16-13-22-23-17(16)14-5-10-20-11-6-14)21-12-15-4-9-19(25-15)7-2-1-3-8-19/h5-6,10-11,13,15H,1-4,7-9,12H2,(H,21,24)(H,22,23)/t15-/m0/s1. The molecule has 4 rings (SSSR count). The molecular formula is C19H24N4O2. The topological polar surface area (TPSA) is 79.9 Å². The molecule has 25 heavy (non-hydrogen) atoms. The predicted octanol–water partition coefficient (Wildman–Crippen LogP) is 3.08. The summed E-state index contributed by atoms with van der Waals surface area (Å²) >= 11 is 0. The Balaban J connectivity index is 1.37. The second-order valence-electron chi connectivity index (χ2n) is 7.13. The van der Waals surface area contributed by atoms with Gasteiger partial charge in [-0.05, 0) is 37.8 Å². The third-order valence-electron chi connectivity index (χ3n) is 5.45. The maximum Gasteiger partial charge on any atom is 0.255 e. The molecule has 1 amide bonds. The normalized spacial score (nSPS) is 22.2. The van der Waals surface area contributed by atoms with E-state index < -0.39 is 0 Å². The lowest BCUT2D eigenvalue weighted by molar-refractivity contribution is -0.0618. The lowest BCUT2D eigenvalue weighted by atomic mass is 9.83. The summed E-state index contributed by atoms with van der Waals surface area (Å²) in [4.78, 5) is 16.6. The molecule has 2 aromatic heterocycles. The summed E-state index contributed by atoms with van der Waals surface area (Å²) in [6, 6.07) is 3.72. The van der Waals surface area contributed by atoms with Crippen molar-refractivity contribution in [1.82, 2.24) is 20.5 Å². The van der Waals surface area contributed by atoms with Crippen molar-refractivity contribution in [2.45, 2.75) is 56.7 Å². The summed E-state index contributed by atoms with van der Waals surface area (Å²) in [6.45, 7) is 0.557. The molecule has 1 spiro atoms. The van der Waals surface area contributed by atoms with Crippen molar-refractivity contribution >= 4 is 5.91 Å². The van der Waals surface area contributed by atoms with Crippen molar-refractivity contribution in [3.8, 4) is 11.3 Å². The van der Waals surface area contributed by atoms with Crippen LogP contribution in [0.4, 0.5) is 0 Å². The number of hydrogen-bond acceptors (Lipinski definition) is 4. The number of carbonyl (C=O) groups is 1. The van der Waals surface area contributed by atoms with Gasteiger partial charge in [0.1, 0.15) is 0 Å². The fourth-order valence-corrected chi connectivity index (χ4v) is 4.10. The second-order valence-corrected chi connectivity index (χ2v) is 7.13. The number of rotatable bonds is 4. The molecule has 1 atom stereocenters. The van der Waals surface area contributed by atoms with Crippen LogP contribution in [0.3, 0.4) is 0 Å². The zero-order valence-corrected chi connectivity index (χ0v) is 14.3. The third kappa shape index (κ3) is 3.44. The highest BCUT2D eigenvalue weighted by Gasteiger charge is 2.40. The van der Waals surface area contributed by atoms with Gasteiger partial charge >= 0.3 is 0 Å². The first-order valence-corrected chi connectivity index (χ1v) is 9.16. The van der Waals surface area contributed by atoms with Crippen LogP contribution in [-0.4, -0.2) is 39.3 Å². The first-order valence-electron chi connectivity index (χ1n) is 9.16. The maximum absolute atomic E-state index is 12.6. The molecule has 1 aliphatic heterocycles. The summed E-state index contributed by atoms with van der Waals surface area (Å²) in [6.07, 6.45) is 13.5. The Labute approximate surface area is 147 Å². The van der Waals surface area contributed by atoms with E-state index in [9.17, 15) is 4.79 Å². The molecule has 0 unspecified atom stereocenters. The summed E-state index contributed by atoms with van der Waals surface area (Å²) in [7, 11) is 0. The van der Waals surface area contributed by atoms with E-state index in [1.54, 1.807) is 18.6 Å². The number of carbonyl (C=O) groups excluding carboxylic acids is 1. The molecule has 0 aromatic carbocycles. The zero-order chi connectivity index (χ0) is 17.1. The summed E-state index contributed by atoms with van der Waals surface area (Å²) in [5, 5.41) is 9.96. The van der Waals surface area contributed by atoms with E-state index in [1.165, 1.54) is 32.1 Å². The van der Waals surface area contributed by atoms with Crippen LogP contribution in [0.5, 0.6) is 0 Å². The van der Waals surface area contributed by atoms with E-state index in [4.69, 9.17) is 4.74 Å². The molecule has 6 heteroatoms. The van der Waals surface area contributed by atoms with Crippen molar-refractivity contribution in [1.29, 1.82) is 0 Å². The molecule has 1 saturated carbocycles. The highest BCUT2D eigenvalue weighted by atomic mass is 16.5. The fraction of sp³-hybridized carbons (Fsp3) is 0.526. The van der Waals surface area contributed by atoms with Crippen LogP contribution in [0.15, 0.2) is 30.7 Å². The first kappa shape index (κ1) is 16.3. The third-order valence-corrected chi connectivity index (χ3v) is 5.45. The number of pyridine rings is 1. The average Bonchev–Trinajstić information content (AvgIpc) is 3.29. The van der Waals surface area contributed by atoms with Crippen molar-refractivity contribution in [2.75, 3.05) is 6.54 Å². The second kappa shape index (κ2) is 6.96. The number of nitrogens with zero attached hydrogens (tertiary/aromatic N) is 2. The SMILES string of the molecule is O=C(NC[C@@H]1CCC2(CCCCC2)O1)c1cn[nH]c1-c1ccncc1. The minimum Gasteiger partial charge on any atom is -0.370 e. The average molecular weight is 340 g/mol. The van der Waals surface area contributed by atoms with Gasteiger partial charge in [-0.25, -0.2) is 0 Å². The number of nitrogens with one attached hydrogen (secondary N) is 2. The molecule has 2 aromatic rings. The highest BCUT2D eigenvalue weighted by molar-refractivity contribution is 5.99. The lowest BCUT2D eigenvalue weighted by Gasteiger charge is -2.33. The largest absolute Gasteiger partial charge is 0.370 e. The van der Waals surface area contributed by atoms with Crippen LogP contribution in [0.25, 0.3) is 11.3 Å². The van der Waals surface area contributed by atoms with Crippen LogP contribution in [0.1, 0.15) is 55.3 Å². The molecule has 0 bridgehead atoms. The molecule has 132 valence electrons. The van der Waals surface area contributed by atoms with E-state index in [2.05, 4.69) is 20.5 Å². The number of aromatic amines is 1. The minimum atomic E-state index is -0.117. The lowest BCUT2D eigenvalue weighted by Crippen LogP contribution is -2.36. The minimum absolute atomic E-state index is 0.0888. The quantitative estimate of drug-likeness (QED) is 0.896. The van der Waals surface area contributed by atoms with E-state index in [0.717, 1.165) is 24.1 Å². The highest BCUT2D eigenvalue weighted by Crippen LogP contribution is 2.41. The van der Waals surface area contributed by atoms with Gasteiger partial charge in [0, 0.05) is 24.5 Å². The summed E-state index contributed by atoms with van der Waals surface area (Å²) in [5.41, 5.74) is 2.26. The fourth-order valence-electron chi connectivity index (χ4n) is 4.10. The maximum atomic E-state index is 12.6. The van der Waals surface area contributed by atoms with Gasteiger partial charge in [0.15, 0.2) is 0 Å². The van der Waals surface area contributed by atoms with E-state index >= 15 is 0 Å². The number of amides is 1. The molecule has 2 N–H and O–H groups in total. The number of hydrogen-bond donors (Lipinski definition) is 2. The monoisotopic (exact) mass is 340 g/mol. The molecular weight excluding hydrogens is 316 g/mol. The van der Waals surface area contributed by atoms with Gasteiger partial charge < -0.3 is 10.1 Å². The smallest absolute Gasteiger partial charge is 0.255 e. The molecule has 6 nitrogen and oxygen atoms in total. The molecule has 2 fully saturated rings. The van der Waals surface area contributed by atoms with Gasteiger partial charge in [-0.1, -0.05) is 19.3 Å². The number of ether oxygens (including phenoxy) is 1. The van der Waals surface area contributed by atoms with Gasteiger partial charge in [0.2, 0.25) is 0 Å². The van der Waals surface area contributed by atoms with Gasteiger partial charge in [-0.3, -0.25) is 14.9 Å². The Hall–Kier alpha value is -2.21. The Morgan fingerprint density at radius 2 is 2.04 bits per heavy atom. The molecule has 0 radical (unpaired) electrons. The van der Waals surface area contributed by atoms with Gasteiger partial charge in [-0.2, -0.15) is 5.10 Å². The van der Waals surface area contributed by atoms with Crippen LogP contribution >= 0.6 is 0 Å². The molecule has 1 saturated heterocycles. The van der Waals surface area contributed by atoms with Crippen molar-refractivity contribution in [3.05, 3.63) is 36.3 Å². The zero-order valence-electron chi connectivity index (χ0n) is 14.3. The van der Waals surface area contributed by atoms with Gasteiger partial charge in [-0.15, -0.1) is 0 Å². The van der Waals surface area contributed by atoms with Gasteiger partial charge in [0.25, 0.3) is 5.91 Å². The Morgan fingerprint density at radius 1 is 1.24 bits per heavy atom. The molecule has 3 heterocycles. The summed E-state index contributed by atoms with van der Waals surface area (Å²) in [5.74, 6) is -0.117. The van der Waals surface area contributed by atoms with Crippen molar-refractivity contribution < 1.29 is 9.53 Å². The summed E-state index contributed by atoms with van der Waals surface area (Å²) < 4.78 is 6.33. The van der Waals surface area contributed by atoms with Crippen molar-refractivity contribution in [2.24, 2.45) is 0 Å². The number of H-pyrrole nitrogens is 1. The molecule has 1 aliphatic carbocycles. The van der Waals surface area contributed by atoms with Crippen LogP contribution in [-0.2, 0) is 4.74 Å². The Bertz CT molecular complexity index is 722. The van der Waals surface area contributed by atoms with E-state index in [1.807, 2.05) is 12.1 Å². The first-order chi connectivity index (χ1) is 12.3. The van der Waals surface area contributed by atoms with Crippen LogP contribution < -0.4 is 5.32 Å². The molecule has 2 aliphatic rings. The van der Waals surface area contributed by atoms with Crippen molar-refractivity contribution in [3.63, 3.8) is 0 Å². The van der Waals surface area contributed by atoms with Crippen LogP contribution in [0, 0.1) is 0 Å². The Morgan fingerprint density at radius 3 is 2.84 bits per heavy atom.